The molecule has 0 aromatic carbocycles. The number of piperidine rings is 1. The largest absolute Gasteiger partial charge is 0.481 e. The molecule has 0 saturated carbocycles. The SMILES string of the molecule is Cc1ccc(CN2C(=O)CC[C@@H](C(=O)O)[C@H]2c2cnn(C)c2)s1. The van der Waals surface area contributed by atoms with E-state index in [-0.39, 0.29) is 12.3 Å². The molecule has 3 heterocycles. The Morgan fingerprint density at radius 2 is 2.26 bits per heavy atom. The molecule has 0 unspecified atom stereocenters. The maximum absolute atomic E-state index is 12.5. The molecule has 6 nitrogen and oxygen atoms in total. The van der Waals surface area contributed by atoms with Crippen molar-refractivity contribution in [3.8, 4) is 0 Å². The normalized spacial score (nSPS) is 21.7. The van der Waals surface area contributed by atoms with Gasteiger partial charge in [0.15, 0.2) is 0 Å². The van der Waals surface area contributed by atoms with Crippen LogP contribution in [0.4, 0.5) is 0 Å². The zero-order valence-corrected chi connectivity index (χ0v) is 13.9. The molecular weight excluding hydrogens is 314 g/mol. The van der Waals surface area contributed by atoms with Crippen molar-refractivity contribution >= 4 is 23.2 Å². The Hall–Kier alpha value is -2.15. The van der Waals surface area contributed by atoms with Crippen LogP contribution in [0, 0.1) is 12.8 Å². The summed E-state index contributed by atoms with van der Waals surface area (Å²) in [7, 11) is 1.79. The van der Waals surface area contributed by atoms with Crippen LogP contribution in [0.3, 0.4) is 0 Å². The lowest BCUT2D eigenvalue weighted by Gasteiger charge is -2.38. The summed E-state index contributed by atoms with van der Waals surface area (Å²) >= 11 is 1.63. The summed E-state index contributed by atoms with van der Waals surface area (Å²) in [5, 5.41) is 13.7. The topological polar surface area (TPSA) is 75.4 Å². The van der Waals surface area contributed by atoms with Crippen LogP contribution >= 0.6 is 11.3 Å². The van der Waals surface area contributed by atoms with Crippen LogP contribution in [0.25, 0.3) is 0 Å². The number of carbonyl (C=O) groups excluding carboxylic acids is 1. The first-order valence-corrected chi connectivity index (χ1v) is 8.33. The minimum atomic E-state index is -0.862. The molecule has 0 aliphatic carbocycles. The van der Waals surface area contributed by atoms with Crippen molar-refractivity contribution in [1.29, 1.82) is 0 Å². The molecule has 1 aliphatic heterocycles. The van der Waals surface area contributed by atoms with Gasteiger partial charge in [-0.2, -0.15) is 5.10 Å². The standard InChI is InChI=1S/C16H19N3O3S/c1-10-3-4-12(23-10)9-19-14(20)6-5-13(16(21)22)15(19)11-7-17-18(2)8-11/h3-4,7-8,13,15H,5-6,9H2,1-2H3,(H,21,22)/t13-,15-/m1/s1. The highest BCUT2D eigenvalue weighted by Gasteiger charge is 2.41. The highest BCUT2D eigenvalue weighted by atomic mass is 32.1. The summed E-state index contributed by atoms with van der Waals surface area (Å²) in [5.74, 6) is -1.46. The van der Waals surface area contributed by atoms with Crippen molar-refractivity contribution in [2.45, 2.75) is 32.4 Å². The summed E-state index contributed by atoms with van der Waals surface area (Å²) in [6.07, 6.45) is 4.10. The van der Waals surface area contributed by atoms with Gasteiger partial charge in [-0.1, -0.05) is 0 Å². The molecule has 3 rings (SSSR count). The average Bonchev–Trinajstić information content (AvgIpc) is 3.09. The Morgan fingerprint density at radius 1 is 1.48 bits per heavy atom. The lowest BCUT2D eigenvalue weighted by molar-refractivity contribution is -0.152. The van der Waals surface area contributed by atoms with Crippen LogP contribution in [0.2, 0.25) is 0 Å². The lowest BCUT2D eigenvalue weighted by atomic mass is 9.85. The van der Waals surface area contributed by atoms with Crippen LogP contribution in [0.15, 0.2) is 24.5 Å². The van der Waals surface area contributed by atoms with Crippen molar-refractivity contribution < 1.29 is 14.7 Å². The third-order valence-corrected chi connectivity index (χ3v) is 5.20. The highest BCUT2D eigenvalue weighted by Crippen LogP contribution is 2.38. The molecule has 0 spiro atoms. The molecule has 1 N–H and O–H groups in total. The fourth-order valence-electron chi connectivity index (χ4n) is 3.14. The van der Waals surface area contributed by atoms with Gasteiger partial charge >= 0.3 is 5.97 Å². The Labute approximate surface area is 138 Å². The number of aliphatic carboxylic acids is 1. The van der Waals surface area contributed by atoms with Crippen molar-refractivity contribution in [1.82, 2.24) is 14.7 Å². The number of carboxylic acid groups (broad SMARTS) is 1. The summed E-state index contributed by atoms with van der Waals surface area (Å²) < 4.78 is 1.64. The second-order valence-electron chi connectivity index (χ2n) is 5.91. The van der Waals surface area contributed by atoms with Gasteiger partial charge in [-0.3, -0.25) is 14.3 Å². The van der Waals surface area contributed by atoms with Crippen molar-refractivity contribution in [3.05, 3.63) is 39.8 Å². The molecule has 23 heavy (non-hydrogen) atoms. The van der Waals surface area contributed by atoms with Crippen LogP contribution in [0.5, 0.6) is 0 Å². The second-order valence-corrected chi connectivity index (χ2v) is 7.28. The Bertz CT molecular complexity index is 737. The quantitative estimate of drug-likeness (QED) is 0.932. The molecule has 1 aliphatic rings. The summed E-state index contributed by atoms with van der Waals surface area (Å²) in [5.41, 5.74) is 0.779. The second kappa shape index (κ2) is 6.16. The van der Waals surface area contributed by atoms with E-state index in [0.29, 0.717) is 13.0 Å². The van der Waals surface area contributed by atoms with Gasteiger partial charge < -0.3 is 10.0 Å². The first-order valence-electron chi connectivity index (χ1n) is 7.52. The third kappa shape index (κ3) is 3.14. The zero-order chi connectivity index (χ0) is 16.6. The van der Waals surface area contributed by atoms with E-state index < -0.39 is 17.9 Å². The molecule has 2 aromatic rings. The maximum atomic E-state index is 12.5. The minimum absolute atomic E-state index is 0.00223. The minimum Gasteiger partial charge on any atom is -0.481 e. The number of nitrogens with zero attached hydrogens (tertiary/aromatic N) is 3. The molecular formula is C16H19N3O3S. The van der Waals surface area contributed by atoms with Gasteiger partial charge in [0, 0.05) is 35.0 Å². The smallest absolute Gasteiger partial charge is 0.308 e. The molecule has 7 heteroatoms. The number of carbonyl (C=O) groups is 2. The van der Waals surface area contributed by atoms with E-state index in [2.05, 4.69) is 5.10 Å². The Balaban J connectivity index is 1.96. The van der Waals surface area contributed by atoms with Gasteiger partial charge in [-0.15, -0.1) is 11.3 Å². The number of hydrogen-bond acceptors (Lipinski definition) is 4. The Kier molecular flexibility index (Phi) is 4.21. The van der Waals surface area contributed by atoms with E-state index in [1.807, 2.05) is 19.1 Å². The van der Waals surface area contributed by atoms with E-state index >= 15 is 0 Å². The Morgan fingerprint density at radius 3 is 2.83 bits per heavy atom. The number of aromatic nitrogens is 2. The summed E-state index contributed by atoms with van der Waals surface area (Å²) in [6.45, 7) is 2.46. The van der Waals surface area contributed by atoms with Gasteiger partial charge in [0.1, 0.15) is 0 Å². The lowest BCUT2D eigenvalue weighted by Crippen LogP contribution is -2.44. The fraction of sp³-hybridized carbons (Fsp3) is 0.438. The number of hydrogen-bond donors (Lipinski definition) is 1. The van der Waals surface area contributed by atoms with Crippen LogP contribution < -0.4 is 0 Å². The van der Waals surface area contributed by atoms with Gasteiger partial charge in [0.25, 0.3) is 0 Å². The highest BCUT2D eigenvalue weighted by molar-refractivity contribution is 7.11. The van der Waals surface area contributed by atoms with Crippen LogP contribution in [-0.2, 0) is 23.2 Å². The zero-order valence-electron chi connectivity index (χ0n) is 13.1. The number of carboxylic acids is 1. The number of likely N-dealkylation sites (tertiary alicyclic amines) is 1. The van der Waals surface area contributed by atoms with Gasteiger partial charge in [0.05, 0.1) is 24.7 Å². The van der Waals surface area contributed by atoms with Crippen LogP contribution in [0.1, 0.15) is 34.2 Å². The predicted molar refractivity (Wildman–Crippen MR) is 85.9 cm³/mol. The van der Waals surface area contributed by atoms with Crippen molar-refractivity contribution in [2.24, 2.45) is 13.0 Å². The maximum Gasteiger partial charge on any atom is 0.308 e. The number of amides is 1. The number of thiophene rings is 1. The molecule has 1 fully saturated rings. The molecule has 0 bridgehead atoms. The van der Waals surface area contributed by atoms with Gasteiger partial charge in [-0.25, -0.2) is 0 Å². The van der Waals surface area contributed by atoms with E-state index in [1.54, 1.807) is 40.4 Å². The number of rotatable bonds is 4. The van der Waals surface area contributed by atoms with E-state index in [1.165, 1.54) is 4.88 Å². The number of aryl methyl sites for hydroxylation is 2. The van der Waals surface area contributed by atoms with E-state index in [9.17, 15) is 14.7 Å². The molecule has 2 aromatic heterocycles. The first-order chi connectivity index (χ1) is 11.0. The first kappa shape index (κ1) is 15.7. The van der Waals surface area contributed by atoms with E-state index in [0.717, 1.165) is 10.4 Å². The van der Waals surface area contributed by atoms with Gasteiger partial charge in [0.2, 0.25) is 5.91 Å². The predicted octanol–water partition coefficient (Wildman–Crippen LogP) is 2.35. The van der Waals surface area contributed by atoms with Crippen molar-refractivity contribution in [2.75, 3.05) is 0 Å². The third-order valence-electron chi connectivity index (χ3n) is 4.21. The van der Waals surface area contributed by atoms with Crippen molar-refractivity contribution in [3.63, 3.8) is 0 Å². The van der Waals surface area contributed by atoms with E-state index in [4.69, 9.17) is 0 Å². The molecule has 122 valence electrons. The molecule has 1 amide bonds. The van der Waals surface area contributed by atoms with Crippen LogP contribution in [-0.4, -0.2) is 31.7 Å². The fourth-order valence-corrected chi connectivity index (χ4v) is 4.03. The average molecular weight is 333 g/mol. The summed E-state index contributed by atoms with van der Waals surface area (Å²) in [4.78, 5) is 28.1. The monoisotopic (exact) mass is 333 g/mol. The molecule has 0 radical (unpaired) electrons. The molecule has 2 atom stereocenters. The molecule has 1 saturated heterocycles. The summed E-state index contributed by atoms with van der Waals surface area (Å²) in [6, 6.07) is 3.55. The van der Waals surface area contributed by atoms with Gasteiger partial charge in [-0.05, 0) is 25.5 Å².